The summed E-state index contributed by atoms with van der Waals surface area (Å²) in [6, 6.07) is 9.23. The maximum atomic E-state index is 12.5. The zero-order valence-corrected chi connectivity index (χ0v) is 16.4. The summed E-state index contributed by atoms with van der Waals surface area (Å²) in [6.07, 6.45) is 6.09. The number of carbonyl (C=O) groups is 2. The molecule has 4 aromatic rings. The summed E-state index contributed by atoms with van der Waals surface area (Å²) >= 11 is 0. The number of rotatable bonds is 3. The van der Waals surface area contributed by atoms with Crippen molar-refractivity contribution < 1.29 is 14.3 Å². The molecule has 0 bridgehead atoms. The average molecular weight is 391 g/mol. The van der Waals surface area contributed by atoms with E-state index in [0.717, 1.165) is 16.5 Å². The molecule has 4 rings (SSSR count). The van der Waals surface area contributed by atoms with Crippen molar-refractivity contribution in [3.8, 4) is 0 Å². The molecule has 0 aliphatic heterocycles. The molecule has 0 spiro atoms. The number of imidazole rings is 1. The molecule has 0 radical (unpaired) electrons. The third kappa shape index (κ3) is 3.96. The Morgan fingerprint density at radius 3 is 2.76 bits per heavy atom. The fraction of sp³-hybridized carbons (Fsp3) is 0.238. The smallest absolute Gasteiger partial charge is 0.418 e. The zero-order chi connectivity index (χ0) is 20.6. The van der Waals surface area contributed by atoms with Crippen LogP contribution in [-0.4, -0.2) is 36.8 Å². The van der Waals surface area contributed by atoms with E-state index in [0.29, 0.717) is 17.8 Å². The molecule has 0 saturated heterocycles. The third-order valence-electron chi connectivity index (χ3n) is 4.32. The fourth-order valence-electron chi connectivity index (χ4n) is 2.97. The second-order valence-corrected chi connectivity index (χ2v) is 7.72. The molecule has 0 saturated carbocycles. The lowest BCUT2D eigenvalue weighted by Crippen LogP contribution is -2.26. The van der Waals surface area contributed by atoms with E-state index in [4.69, 9.17) is 4.74 Å². The van der Waals surface area contributed by atoms with E-state index in [1.165, 1.54) is 10.8 Å². The summed E-state index contributed by atoms with van der Waals surface area (Å²) in [5, 5.41) is 7.94. The van der Waals surface area contributed by atoms with E-state index in [2.05, 4.69) is 15.4 Å². The van der Waals surface area contributed by atoms with E-state index < -0.39 is 11.7 Å². The second kappa shape index (κ2) is 7.05. The van der Waals surface area contributed by atoms with Gasteiger partial charge in [0.15, 0.2) is 5.65 Å². The lowest BCUT2D eigenvalue weighted by molar-refractivity contribution is 0.0544. The van der Waals surface area contributed by atoms with Gasteiger partial charge in [-0.15, -0.1) is 0 Å². The molecule has 0 fully saturated rings. The molecular formula is C21H21N5O3. The van der Waals surface area contributed by atoms with E-state index in [1.54, 1.807) is 29.2 Å². The first kappa shape index (κ1) is 18.7. The number of carbonyl (C=O) groups excluding carboxylic acids is 2. The second-order valence-electron chi connectivity index (χ2n) is 7.72. The standard InChI is InChI=1S/C21H21N5O3/c1-21(2,3)29-20(28)25-8-6-15-5-4-14(10-17(15)25)12-23-19(27)16-11-18-22-7-9-26(18)24-13-16/h4-11,13H,12H2,1-3H3,(H,23,27). The Kier molecular flexibility index (Phi) is 4.54. The quantitative estimate of drug-likeness (QED) is 0.578. The molecule has 0 unspecified atom stereocenters. The predicted molar refractivity (Wildman–Crippen MR) is 108 cm³/mol. The van der Waals surface area contributed by atoms with E-state index >= 15 is 0 Å². The first-order valence-corrected chi connectivity index (χ1v) is 9.21. The number of hydrogen-bond donors (Lipinski definition) is 1. The van der Waals surface area contributed by atoms with Gasteiger partial charge in [-0.3, -0.25) is 9.36 Å². The van der Waals surface area contributed by atoms with Gasteiger partial charge < -0.3 is 10.1 Å². The van der Waals surface area contributed by atoms with Gasteiger partial charge in [0.25, 0.3) is 5.91 Å². The third-order valence-corrected chi connectivity index (χ3v) is 4.32. The number of hydrogen-bond acceptors (Lipinski definition) is 5. The van der Waals surface area contributed by atoms with Crippen molar-refractivity contribution in [3.05, 3.63) is 66.2 Å². The summed E-state index contributed by atoms with van der Waals surface area (Å²) in [6.45, 7) is 5.79. The van der Waals surface area contributed by atoms with Crippen LogP contribution in [0.25, 0.3) is 16.6 Å². The molecule has 8 heteroatoms. The molecule has 0 atom stereocenters. The van der Waals surface area contributed by atoms with Crippen LogP contribution < -0.4 is 5.32 Å². The Labute approximate surface area is 167 Å². The van der Waals surface area contributed by atoms with Crippen LogP contribution in [0.15, 0.2) is 55.1 Å². The Bertz CT molecular complexity index is 1220. The van der Waals surface area contributed by atoms with Crippen molar-refractivity contribution in [1.82, 2.24) is 24.5 Å². The van der Waals surface area contributed by atoms with Gasteiger partial charge in [-0.1, -0.05) is 12.1 Å². The minimum absolute atomic E-state index is 0.245. The predicted octanol–water partition coefficient (Wildman–Crippen LogP) is 3.40. The highest BCUT2D eigenvalue weighted by Gasteiger charge is 2.19. The molecule has 1 aromatic carbocycles. The van der Waals surface area contributed by atoms with Crippen LogP contribution in [0.3, 0.4) is 0 Å². The summed E-state index contributed by atoms with van der Waals surface area (Å²) in [5.41, 5.74) is 2.05. The lowest BCUT2D eigenvalue weighted by atomic mass is 10.1. The molecule has 1 amide bonds. The summed E-state index contributed by atoms with van der Waals surface area (Å²) in [4.78, 5) is 29.0. The van der Waals surface area contributed by atoms with Crippen LogP contribution in [-0.2, 0) is 11.3 Å². The largest absolute Gasteiger partial charge is 0.443 e. The van der Waals surface area contributed by atoms with Gasteiger partial charge in [-0.25, -0.2) is 14.3 Å². The number of ether oxygens (including phenoxy) is 1. The first-order chi connectivity index (χ1) is 13.8. The van der Waals surface area contributed by atoms with Gasteiger partial charge >= 0.3 is 6.09 Å². The van der Waals surface area contributed by atoms with Gasteiger partial charge in [0, 0.05) is 30.5 Å². The first-order valence-electron chi connectivity index (χ1n) is 9.21. The van der Waals surface area contributed by atoms with Gasteiger partial charge in [0.2, 0.25) is 0 Å². The molecule has 1 N–H and O–H groups in total. The van der Waals surface area contributed by atoms with Gasteiger partial charge in [0.05, 0.1) is 17.3 Å². The molecule has 8 nitrogen and oxygen atoms in total. The van der Waals surface area contributed by atoms with Crippen LogP contribution in [0.4, 0.5) is 4.79 Å². The van der Waals surface area contributed by atoms with Crippen LogP contribution in [0.1, 0.15) is 36.7 Å². The highest BCUT2D eigenvalue weighted by molar-refractivity contribution is 5.95. The maximum absolute atomic E-state index is 12.5. The lowest BCUT2D eigenvalue weighted by Gasteiger charge is -2.19. The number of amides is 1. The average Bonchev–Trinajstić information content (AvgIpc) is 3.30. The zero-order valence-electron chi connectivity index (χ0n) is 16.4. The topological polar surface area (TPSA) is 90.5 Å². The number of fused-ring (bicyclic) bond motifs is 2. The van der Waals surface area contributed by atoms with Crippen molar-refractivity contribution in [2.75, 3.05) is 0 Å². The summed E-state index contributed by atoms with van der Waals surface area (Å²) < 4.78 is 8.52. The Morgan fingerprint density at radius 2 is 1.97 bits per heavy atom. The molecular weight excluding hydrogens is 370 g/mol. The fourth-order valence-corrected chi connectivity index (χ4v) is 2.97. The van der Waals surface area contributed by atoms with Crippen molar-refractivity contribution in [3.63, 3.8) is 0 Å². The van der Waals surface area contributed by atoms with Gasteiger partial charge in [0.1, 0.15) is 5.60 Å². The molecule has 29 heavy (non-hydrogen) atoms. The van der Waals surface area contributed by atoms with Crippen molar-refractivity contribution in [1.29, 1.82) is 0 Å². The van der Waals surface area contributed by atoms with E-state index in [9.17, 15) is 9.59 Å². The van der Waals surface area contributed by atoms with Crippen LogP contribution in [0, 0.1) is 0 Å². The number of aromatic nitrogens is 4. The molecule has 0 aliphatic carbocycles. The number of nitrogens with zero attached hydrogens (tertiary/aromatic N) is 4. The minimum Gasteiger partial charge on any atom is -0.443 e. The van der Waals surface area contributed by atoms with Crippen molar-refractivity contribution in [2.45, 2.75) is 32.9 Å². The number of benzene rings is 1. The van der Waals surface area contributed by atoms with Gasteiger partial charge in [-0.2, -0.15) is 5.10 Å². The minimum atomic E-state index is -0.580. The van der Waals surface area contributed by atoms with Gasteiger partial charge in [-0.05, 0) is 44.5 Å². The summed E-state index contributed by atoms with van der Waals surface area (Å²) in [5.74, 6) is -0.245. The SMILES string of the molecule is CC(C)(C)OC(=O)n1ccc2ccc(CNC(=O)c3cnn4ccnc4c3)cc21. The van der Waals surface area contributed by atoms with Crippen LogP contribution in [0.2, 0.25) is 0 Å². The highest BCUT2D eigenvalue weighted by atomic mass is 16.6. The summed E-state index contributed by atoms with van der Waals surface area (Å²) in [7, 11) is 0. The Hall–Kier alpha value is -3.68. The van der Waals surface area contributed by atoms with Crippen LogP contribution in [0.5, 0.6) is 0 Å². The normalized spacial score (nSPS) is 11.7. The van der Waals surface area contributed by atoms with E-state index in [-0.39, 0.29) is 5.91 Å². The van der Waals surface area contributed by atoms with Crippen LogP contribution >= 0.6 is 0 Å². The van der Waals surface area contributed by atoms with E-state index in [1.807, 2.05) is 45.0 Å². The van der Waals surface area contributed by atoms with Crippen molar-refractivity contribution >= 4 is 28.6 Å². The monoisotopic (exact) mass is 391 g/mol. The van der Waals surface area contributed by atoms with Crippen molar-refractivity contribution in [2.24, 2.45) is 0 Å². The maximum Gasteiger partial charge on any atom is 0.418 e. The Balaban J connectivity index is 1.51. The Morgan fingerprint density at radius 1 is 1.14 bits per heavy atom. The number of nitrogens with one attached hydrogen (secondary N) is 1. The molecule has 3 aromatic heterocycles. The molecule has 0 aliphatic rings. The highest BCUT2D eigenvalue weighted by Crippen LogP contribution is 2.20. The molecule has 148 valence electrons. The molecule has 3 heterocycles.